The van der Waals surface area contributed by atoms with Gasteiger partial charge in [-0.1, -0.05) is 23.7 Å². The second-order valence-corrected chi connectivity index (χ2v) is 6.78. The number of esters is 1. The average Bonchev–Trinajstić information content (AvgIpc) is 3.03. The summed E-state index contributed by atoms with van der Waals surface area (Å²) in [6.45, 7) is 0. The van der Waals surface area contributed by atoms with Gasteiger partial charge in [-0.3, -0.25) is 14.9 Å². The van der Waals surface area contributed by atoms with E-state index in [9.17, 15) is 19.7 Å². The highest BCUT2D eigenvalue weighted by molar-refractivity contribution is 6.30. The van der Waals surface area contributed by atoms with Crippen LogP contribution in [0.1, 0.15) is 26.3 Å². The summed E-state index contributed by atoms with van der Waals surface area (Å²) >= 11 is 5.96. The van der Waals surface area contributed by atoms with E-state index < -0.39 is 10.9 Å². The predicted molar refractivity (Wildman–Crippen MR) is 109 cm³/mol. The van der Waals surface area contributed by atoms with E-state index in [0.717, 1.165) is 0 Å². The monoisotopic (exact) mass is 421 g/mol. The maximum absolute atomic E-state index is 12.5. The number of allylic oxidation sites excluding steroid dienone is 1. The van der Waals surface area contributed by atoms with Crippen LogP contribution in [0, 0.1) is 10.1 Å². The zero-order valence-corrected chi connectivity index (χ0v) is 16.0. The van der Waals surface area contributed by atoms with Crippen molar-refractivity contribution < 1.29 is 24.0 Å². The van der Waals surface area contributed by atoms with Crippen LogP contribution in [-0.4, -0.2) is 16.7 Å². The molecule has 0 atom stereocenters. The van der Waals surface area contributed by atoms with E-state index in [-0.39, 0.29) is 34.3 Å². The number of hydrogen-bond acceptors (Lipinski definition) is 6. The van der Waals surface area contributed by atoms with Crippen LogP contribution in [0.2, 0.25) is 5.02 Å². The van der Waals surface area contributed by atoms with Crippen molar-refractivity contribution in [1.82, 2.24) is 0 Å². The van der Waals surface area contributed by atoms with Gasteiger partial charge in [0.25, 0.3) is 5.69 Å². The van der Waals surface area contributed by atoms with Crippen LogP contribution >= 0.6 is 11.6 Å². The molecule has 7 nitrogen and oxygen atoms in total. The van der Waals surface area contributed by atoms with Crippen molar-refractivity contribution in [2.45, 2.75) is 0 Å². The quantitative estimate of drug-likeness (QED) is 0.191. The van der Waals surface area contributed by atoms with E-state index in [4.69, 9.17) is 21.1 Å². The number of halogens is 1. The van der Waals surface area contributed by atoms with Crippen LogP contribution in [0.25, 0.3) is 6.08 Å². The zero-order chi connectivity index (χ0) is 21.3. The van der Waals surface area contributed by atoms with Crippen LogP contribution in [-0.2, 0) is 0 Å². The highest BCUT2D eigenvalue weighted by atomic mass is 35.5. The number of non-ortho nitro benzene ring substituents is 1. The van der Waals surface area contributed by atoms with Gasteiger partial charge in [0.1, 0.15) is 11.5 Å². The van der Waals surface area contributed by atoms with E-state index in [1.807, 2.05) is 0 Å². The Morgan fingerprint density at radius 3 is 2.53 bits per heavy atom. The van der Waals surface area contributed by atoms with Crippen molar-refractivity contribution >= 4 is 35.1 Å². The number of nitro benzene ring substituents is 1. The standard InChI is InChI=1S/C22H12ClNO6/c23-15-3-1-2-13(10-15)11-20-21(25)18-9-8-17(12-19(18)30-20)29-22(26)14-4-6-16(7-5-14)24(27)28/h1-12H/b20-11-. The van der Waals surface area contributed by atoms with Crippen LogP contribution < -0.4 is 9.47 Å². The lowest BCUT2D eigenvalue weighted by atomic mass is 10.1. The number of Topliss-reactive ketones (excluding diaryl/α,β-unsaturated/α-hetero) is 1. The fourth-order valence-electron chi connectivity index (χ4n) is 2.86. The highest BCUT2D eigenvalue weighted by Gasteiger charge is 2.28. The third kappa shape index (κ3) is 3.92. The number of fused-ring (bicyclic) bond motifs is 1. The van der Waals surface area contributed by atoms with Gasteiger partial charge in [-0.05, 0) is 48.0 Å². The summed E-state index contributed by atoms with van der Waals surface area (Å²) in [5.41, 5.74) is 1.08. The summed E-state index contributed by atoms with van der Waals surface area (Å²) in [5.74, 6) is -0.413. The van der Waals surface area contributed by atoms with Crippen LogP contribution in [0.5, 0.6) is 11.5 Å². The molecule has 0 fully saturated rings. The number of ether oxygens (including phenoxy) is 2. The van der Waals surface area contributed by atoms with E-state index in [1.165, 1.54) is 42.5 Å². The largest absolute Gasteiger partial charge is 0.452 e. The molecule has 0 saturated carbocycles. The van der Waals surface area contributed by atoms with E-state index in [1.54, 1.807) is 30.3 Å². The maximum Gasteiger partial charge on any atom is 0.343 e. The molecule has 0 unspecified atom stereocenters. The number of ketones is 1. The SMILES string of the molecule is O=C(Oc1ccc2c(c1)O/C(=C\c1cccc(Cl)c1)C2=O)c1ccc([N+](=O)[O-])cc1. The van der Waals surface area contributed by atoms with Crippen molar-refractivity contribution in [3.8, 4) is 11.5 Å². The van der Waals surface area contributed by atoms with Gasteiger partial charge in [0.15, 0.2) is 5.76 Å². The number of rotatable bonds is 4. The van der Waals surface area contributed by atoms with Crippen molar-refractivity contribution in [3.63, 3.8) is 0 Å². The zero-order valence-electron chi connectivity index (χ0n) is 15.2. The third-order valence-electron chi connectivity index (χ3n) is 4.31. The Labute approximate surface area is 175 Å². The first-order valence-electron chi connectivity index (χ1n) is 8.71. The second-order valence-electron chi connectivity index (χ2n) is 6.35. The van der Waals surface area contributed by atoms with E-state index >= 15 is 0 Å². The number of carbonyl (C=O) groups excluding carboxylic acids is 2. The van der Waals surface area contributed by atoms with Gasteiger partial charge in [0.2, 0.25) is 5.78 Å². The molecule has 3 aromatic rings. The van der Waals surface area contributed by atoms with Gasteiger partial charge in [-0.2, -0.15) is 0 Å². The summed E-state index contributed by atoms with van der Waals surface area (Å²) in [5, 5.41) is 11.2. The first kappa shape index (κ1) is 19.4. The predicted octanol–water partition coefficient (Wildman–Crippen LogP) is 5.08. The Hall–Kier alpha value is -3.97. The Bertz CT molecular complexity index is 1220. The summed E-state index contributed by atoms with van der Waals surface area (Å²) in [4.78, 5) is 35.0. The van der Waals surface area contributed by atoms with Crippen LogP contribution in [0.4, 0.5) is 5.69 Å². The Kier molecular flexibility index (Phi) is 5.04. The Morgan fingerprint density at radius 1 is 1.07 bits per heavy atom. The molecule has 1 heterocycles. The molecule has 8 heteroatoms. The molecule has 0 aromatic heterocycles. The number of nitro groups is 1. The molecule has 0 radical (unpaired) electrons. The minimum Gasteiger partial charge on any atom is -0.452 e. The summed E-state index contributed by atoms with van der Waals surface area (Å²) in [6, 6.07) is 16.4. The molecule has 30 heavy (non-hydrogen) atoms. The van der Waals surface area contributed by atoms with Crippen molar-refractivity contribution in [2.24, 2.45) is 0 Å². The van der Waals surface area contributed by atoms with Crippen LogP contribution in [0.3, 0.4) is 0 Å². The lowest BCUT2D eigenvalue weighted by molar-refractivity contribution is -0.384. The first-order valence-corrected chi connectivity index (χ1v) is 9.09. The molecule has 0 amide bonds. The molecule has 148 valence electrons. The molecule has 0 aliphatic carbocycles. The normalized spacial score (nSPS) is 13.6. The molecule has 0 bridgehead atoms. The smallest absolute Gasteiger partial charge is 0.343 e. The molecule has 1 aliphatic rings. The second kappa shape index (κ2) is 7.81. The summed E-state index contributed by atoms with van der Waals surface area (Å²) in [6.07, 6.45) is 1.58. The minimum absolute atomic E-state index is 0.130. The van der Waals surface area contributed by atoms with Gasteiger partial charge in [-0.15, -0.1) is 0 Å². The minimum atomic E-state index is -0.691. The molecule has 0 N–H and O–H groups in total. The first-order chi connectivity index (χ1) is 14.4. The lowest BCUT2D eigenvalue weighted by Crippen LogP contribution is -2.08. The van der Waals surface area contributed by atoms with E-state index in [2.05, 4.69) is 0 Å². The lowest BCUT2D eigenvalue weighted by Gasteiger charge is -2.05. The molecular weight excluding hydrogens is 410 g/mol. The van der Waals surface area contributed by atoms with Crippen LogP contribution in [0.15, 0.2) is 72.5 Å². The molecule has 0 spiro atoms. The number of nitrogens with zero attached hydrogens (tertiary/aromatic N) is 1. The van der Waals surface area contributed by atoms with Gasteiger partial charge in [-0.25, -0.2) is 4.79 Å². The fraction of sp³-hybridized carbons (Fsp3) is 0. The highest BCUT2D eigenvalue weighted by Crippen LogP contribution is 2.35. The molecule has 1 aliphatic heterocycles. The number of carbonyl (C=O) groups is 2. The molecular formula is C22H12ClNO6. The van der Waals surface area contributed by atoms with Gasteiger partial charge in [0, 0.05) is 23.2 Å². The number of hydrogen-bond donors (Lipinski definition) is 0. The molecule has 4 rings (SSSR count). The Morgan fingerprint density at radius 2 is 1.83 bits per heavy atom. The van der Waals surface area contributed by atoms with E-state index in [0.29, 0.717) is 16.1 Å². The Balaban J connectivity index is 1.52. The summed E-state index contributed by atoms with van der Waals surface area (Å²) < 4.78 is 10.9. The topological polar surface area (TPSA) is 95.7 Å². The molecule has 3 aromatic carbocycles. The molecule has 0 saturated heterocycles. The van der Waals surface area contributed by atoms with Gasteiger partial charge >= 0.3 is 5.97 Å². The maximum atomic E-state index is 12.5. The average molecular weight is 422 g/mol. The number of benzene rings is 3. The van der Waals surface area contributed by atoms with Gasteiger partial charge in [0.05, 0.1) is 16.1 Å². The third-order valence-corrected chi connectivity index (χ3v) is 4.55. The van der Waals surface area contributed by atoms with Crippen molar-refractivity contribution in [2.75, 3.05) is 0 Å². The summed E-state index contributed by atoms with van der Waals surface area (Å²) in [7, 11) is 0. The van der Waals surface area contributed by atoms with Gasteiger partial charge < -0.3 is 9.47 Å². The fourth-order valence-corrected chi connectivity index (χ4v) is 3.06. The van der Waals surface area contributed by atoms with Crippen molar-refractivity contribution in [3.05, 3.63) is 104 Å². The van der Waals surface area contributed by atoms with Crippen molar-refractivity contribution in [1.29, 1.82) is 0 Å².